The maximum atomic E-state index is 6.05. The van der Waals surface area contributed by atoms with Gasteiger partial charge in [-0.25, -0.2) is 4.98 Å². The summed E-state index contributed by atoms with van der Waals surface area (Å²) in [6, 6.07) is 3.99. The summed E-state index contributed by atoms with van der Waals surface area (Å²) in [5, 5.41) is 6.80. The van der Waals surface area contributed by atoms with Crippen molar-refractivity contribution in [3.63, 3.8) is 0 Å². The predicted octanol–water partition coefficient (Wildman–Crippen LogP) is 2.61. The van der Waals surface area contributed by atoms with Crippen molar-refractivity contribution < 1.29 is 0 Å². The van der Waals surface area contributed by atoms with Crippen LogP contribution in [0.3, 0.4) is 0 Å². The standard InChI is InChI=1S/C13H16ClN5/c1-2-16-13-18-9-11(14)12(19-13)17-8-5-10-3-6-15-7-4-10/h3-4,6-7,9H,2,5,8H2,1H3,(H2,16,17,18,19). The Morgan fingerprint density at radius 3 is 2.74 bits per heavy atom. The van der Waals surface area contributed by atoms with Crippen molar-refractivity contribution in [1.82, 2.24) is 15.0 Å². The fraction of sp³-hybridized carbons (Fsp3) is 0.308. The lowest BCUT2D eigenvalue weighted by Crippen LogP contribution is -2.09. The van der Waals surface area contributed by atoms with E-state index in [9.17, 15) is 0 Å². The predicted molar refractivity (Wildman–Crippen MR) is 77.6 cm³/mol. The Kier molecular flexibility index (Phi) is 4.92. The number of rotatable bonds is 6. The van der Waals surface area contributed by atoms with Gasteiger partial charge in [0.1, 0.15) is 10.8 Å². The number of hydrogen-bond donors (Lipinski definition) is 2. The van der Waals surface area contributed by atoms with Crippen LogP contribution in [0.1, 0.15) is 12.5 Å². The van der Waals surface area contributed by atoms with Gasteiger partial charge in [-0.1, -0.05) is 11.6 Å². The minimum absolute atomic E-state index is 0.524. The zero-order valence-electron chi connectivity index (χ0n) is 10.7. The number of aromatic nitrogens is 3. The lowest BCUT2D eigenvalue weighted by molar-refractivity contribution is 0.990. The fourth-order valence-corrected chi connectivity index (χ4v) is 1.77. The molecule has 0 aliphatic heterocycles. The molecule has 2 N–H and O–H groups in total. The van der Waals surface area contributed by atoms with Gasteiger partial charge in [0.05, 0.1) is 6.20 Å². The van der Waals surface area contributed by atoms with Crippen LogP contribution in [-0.2, 0) is 6.42 Å². The minimum Gasteiger partial charge on any atom is -0.368 e. The molecule has 0 aliphatic carbocycles. The first kappa shape index (κ1) is 13.5. The van der Waals surface area contributed by atoms with Crippen molar-refractivity contribution in [3.8, 4) is 0 Å². The van der Waals surface area contributed by atoms with E-state index in [4.69, 9.17) is 11.6 Å². The van der Waals surface area contributed by atoms with E-state index in [2.05, 4.69) is 25.6 Å². The highest BCUT2D eigenvalue weighted by atomic mass is 35.5. The molecule has 0 aliphatic rings. The lowest BCUT2D eigenvalue weighted by atomic mass is 10.2. The summed E-state index contributed by atoms with van der Waals surface area (Å²) in [5.74, 6) is 1.24. The average Bonchev–Trinajstić information content (AvgIpc) is 2.44. The number of halogens is 1. The van der Waals surface area contributed by atoms with Gasteiger partial charge in [-0.2, -0.15) is 4.98 Å². The van der Waals surface area contributed by atoms with Gasteiger partial charge in [-0.05, 0) is 31.0 Å². The number of nitrogens with one attached hydrogen (secondary N) is 2. The van der Waals surface area contributed by atoms with Crippen molar-refractivity contribution in [2.45, 2.75) is 13.3 Å². The molecule has 0 radical (unpaired) electrons. The Bertz CT molecular complexity index is 518. The third kappa shape index (κ3) is 4.06. The third-order valence-corrected chi connectivity index (χ3v) is 2.81. The van der Waals surface area contributed by atoms with Gasteiger partial charge in [0.15, 0.2) is 0 Å². The highest BCUT2D eigenvalue weighted by Crippen LogP contribution is 2.19. The molecule has 2 heterocycles. The SMILES string of the molecule is CCNc1ncc(Cl)c(NCCc2ccncc2)n1. The summed E-state index contributed by atoms with van der Waals surface area (Å²) >= 11 is 6.05. The van der Waals surface area contributed by atoms with E-state index in [1.807, 2.05) is 19.1 Å². The quantitative estimate of drug-likeness (QED) is 0.850. The molecular weight excluding hydrogens is 262 g/mol. The number of pyridine rings is 1. The first-order valence-electron chi connectivity index (χ1n) is 6.18. The van der Waals surface area contributed by atoms with Crippen LogP contribution in [0.5, 0.6) is 0 Å². The summed E-state index contributed by atoms with van der Waals surface area (Å²) in [5.41, 5.74) is 1.22. The molecule has 0 fully saturated rings. The van der Waals surface area contributed by atoms with E-state index >= 15 is 0 Å². The largest absolute Gasteiger partial charge is 0.368 e. The molecule has 0 unspecified atom stereocenters. The molecular formula is C13H16ClN5. The third-order valence-electron chi connectivity index (χ3n) is 2.53. The Balaban J connectivity index is 1.93. The number of anilines is 2. The van der Waals surface area contributed by atoms with E-state index in [1.54, 1.807) is 18.6 Å². The second kappa shape index (κ2) is 6.89. The fourth-order valence-electron chi connectivity index (χ4n) is 1.61. The van der Waals surface area contributed by atoms with Crippen molar-refractivity contribution >= 4 is 23.4 Å². The van der Waals surface area contributed by atoms with E-state index in [0.717, 1.165) is 19.5 Å². The van der Waals surface area contributed by atoms with Crippen molar-refractivity contribution in [3.05, 3.63) is 41.3 Å². The van der Waals surface area contributed by atoms with E-state index < -0.39 is 0 Å². The van der Waals surface area contributed by atoms with Gasteiger partial charge in [0, 0.05) is 25.5 Å². The summed E-state index contributed by atoms with van der Waals surface area (Å²) in [7, 11) is 0. The molecule has 2 aromatic rings. The molecule has 5 nitrogen and oxygen atoms in total. The normalized spacial score (nSPS) is 10.2. The van der Waals surface area contributed by atoms with Crippen LogP contribution >= 0.6 is 11.6 Å². The smallest absolute Gasteiger partial charge is 0.224 e. The molecule has 19 heavy (non-hydrogen) atoms. The first-order chi connectivity index (χ1) is 9.29. The summed E-state index contributed by atoms with van der Waals surface area (Å²) in [6.45, 7) is 3.53. The molecule has 0 amide bonds. The Morgan fingerprint density at radius 1 is 1.21 bits per heavy atom. The first-order valence-corrected chi connectivity index (χ1v) is 6.56. The molecule has 0 atom stereocenters. The van der Waals surface area contributed by atoms with Crippen LogP contribution in [0.2, 0.25) is 5.02 Å². The van der Waals surface area contributed by atoms with Crippen LogP contribution in [0.25, 0.3) is 0 Å². The zero-order valence-corrected chi connectivity index (χ0v) is 11.5. The maximum Gasteiger partial charge on any atom is 0.224 e. The van der Waals surface area contributed by atoms with Gasteiger partial charge in [0.25, 0.3) is 0 Å². The number of nitrogens with zero attached hydrogens (tertiary/aromatic N) is 3. The van der Waals surface area contributed by atoms with Crippen LogP contribution in [-0.4, -0.2) is 28.0 Å². The summed E-state index contributed by atoms with van der Waals surface area (Å²) in [4.78, 5) is 12.4. The molecule has 2 aromatic heterocycles. The van der Waals surface area contributed by atoms with Crippen molar-refractivity contribution in [1.29, 1.82) is 0 Å². The Hall–Kier alpha value is -1.88. The van der Waals surface area contributed by atoms with Crippen molar-refractivity contribution in [2.75, 3.05) is 23.7 Å². The molecule has 0 spiro atoms. The topological polar surface area (TPSA) is 62.7 Å². The van der Waals surface area contributed by atoms with E-state index in [1.165, 1.54) is 5.56 Å². The van der Waals surface area contributed by atoms with Gasteiger partial charge < -0.3 is 10.6 Å². The maximum absolute atomic E-state index is 6.05. The molecule has 0 bridgehead atoms. The summed E-state index contributed by atoms with van der Waals surface area (Å²) in [6.07, 6.45) is 6.06. The van der Waals surface area contributed by atoms with Crippen LogP contribution < -0.4 is 10.6 Å². The molecule has 2 rings (SSSR count). The molecule has 6 heteroatoms. The van der Waals surface area contributed by atoms with Gasteiger partial charge >= 0.3 is 0 Å². The van der Waals surface area contributed by atoms with Crippen LogP contribution in [0.15, 0.2) is 30.7 Å². The van der Waals surface area contributed by atoms with Gasteiger partial charge in [-0.3, -0.25) is 4.98 Å². The monoisotopic (exact) mass is 277 g/mol. The zero-order chi connectivity index (χ0) is 13.5. The Morgan fingerprint density at radius 2 is 2.00 bits per heavy atom. The number of hydrogen-bond acceptors (Lipinski definition) is 5. The van der Waals surface area contributed by atoms with Crippen LogP contribution in [0.4, 0.5) is 11.8 Å². The molecule has 0 aromatic carbocycles. The van der Waals surface area contributed by atoms with Crippen LogP contribution in [0, 0.1) is 0 Å². The summed E-state index contributed by atoms with van der Waals surface area (Å²) < 4.78 is 0. The molecule has 0 saturated carbocycles. The molecule has 100 valence electrons. The highest BCUT2D eigenvalue weighted by Gasteiger charge is 2.04. The Labute approximate surface area is 117 Å². The van der Waals surface area contributed by atoms with Crippen molar-refractivity contribution in [2.24, 2.45) is 0 Å². The molecule has 0 saturated heterocycles. The van der Waals surface area contributed by atoms with E-state index in [-0.39, 0.29) is 0 Å². The second-order valence-corrected chi connectivity index (χ2v) is 4.36. The average molecular weight is 278 g/mol. The van der Waals surface area contributed by atoms with Gasteiger partial charge in [0.2, 0.25) is 5.95 Å². The highest BCUT2D eigenvalue weighted by molar-refractivity contribution is 6.32. The van der Waals surface area contributed by atoms with E-state index in [0.29, 0.717) is 16.8 Å². The second-order valence-electron chi connectivity index (χ2n) is 3.95. The minimum atomic E-state index is 0.524. The van der Waals surface area contributed by atoms with Gasteiger partial charge in [-0.15, -0.1) is 0 Å². The lowest BCUT2D eigenvalue weighted by Gasteiger charge is -2.09.